The molecule has 1 fully saturated rings. The molecule has 8 heteroatoms. The van der Waals surface area contributed by atoms with Gasteiger partial charge in [-0.15, -0.1) is 11.3 Å². The third kappa shape index (κ3) is 3.58. The lowest BCUT2D eigenvalue weighted by Crippen LogP contribution is -2.41. The highest BCUT2D eigenvalue weighted by molar-refractivity contribution is 7.15. The molecule has 0 saturated carbocycles. The predicted molar refractivity (Wildman–Crippen MR) is 93.5 cm³/mol. The van der Waals surface area contributed by atoms with Crippen LogP contribution in [0.4, 0.5) is 0 Å². The zero-order valence-corrected chi connectivity index (χ0v) is 15.2. The Labute approximate surface area is 149 Å². The third-order valence-corrected chi connectivity index (χ3v) is 5.24. The highest BCUT2D eigenvalue weighted by atomic mass is 32.1. The molecule has 2 aromatic heterocycles. The van der Waals surface area contributed by atoms with Gasteiger partial charge >= 0.3 is 5.97 Å². The van der Waals surface area contributed by atoms with Gasteiger partial charge in [0.2, 0.25) is 5.91 Å². The van der Waals surface area contributed by atoms with Crippen molar-refractivity contribution in [3.8, 4) is 0 Å². The second-order valence-corrected chi connectivity index (χ2v) is 7.02. The lowest BCUT2D eigenvalue weighted by Gasteiger charge is -2.23. The number of ether oxygens (including phenoxy) is 1. The monoisotopic (exact) mass is 363 g/mol. The first kappa shape index (κ1) is 17.6. The fourth-order valence-electron chi connectivity index (χ4n) is 3.08. The van der Waals surface area contributed by atoms with Crippen LogP contribution in [0.3, 0.4) is 0 Å². The average molecular weight is 363 g/mol. The summed E-state index contributed by atoms with van der Waals surface area (Å²) in [5, 5.41) is 1.86. The Morgan fingerprint density at radius 3 is 3.00 bits per heavy atom. The van der Waals surface area contributed by atoms with Gasteiger partial charge in [0.1, 0.15) is 12.6 Å². The molecule has 3 rings (SSSR count). The van der Waals surface area contributed by atoms with Gasteiger partial charge in [0.15, 0.2) is 4.96 Å². The first-order valence-electron chi connectivity index (χ1n) is 8.44. The van der Waals surface area contributed by atoms with E-state index in [9.17, 15) is 14.4 Å². The number of thiazole rings is 1. The second-order valence-electron chi connectivity index (χ2n) is 6.18. The number of carbonyl (C=O) groups is 2. The summed E-state index contributed by atoms with van der Waals surface area (Å²) in [7, 11) is 0. The fraction of sp³-hybridized carbons (Fsp3) is 0.529. The molecule has 0 spiro atoms. The number of hydrogen-bond donors (Lipinski definition) is 0. The smallest absolute Gasteiger partial charge is 0.329 e. The third-order valence-electron chi connectivity index (χ3n) is 4.30. The molecule has 1 aliphatic heterocycles. The van der Waals surface area contributed by atoms with Crippen LogP contribution in [0.2, 0.25) is 0 Å². The number of likely N-dealkylation sites (tertiary alicyclic amines) is 1. The molecular formula is C17H21N3O4S. The van der Waals surface area contributed by atoms with Gasteiger partial charge in [-0.05, 0) is 26.2 Å². The topological polar surface area (TPSA) is 81.0 Å². The number of carbonyl (C=O) groups excluding carboxylic acids is 2. The number of amides is 1. The quantitative estimate of drug-likeness (QED) is 0.758. The number of hydrogen-bond acceptors (Lipinski definition) is 6. The van der Waals surface area contributed by atoms with E-state index in [1.807, 2.05) is 19.2 Å². The van der Waals surface area contributed by atoms with Gasteiger partial charge in [0.25, 0.3) is 5.56 Å². The summed E-state index contributed by atoms with van der Waals surface area (Å²) in [5.74, 6) is -0.430. The van der Waals surface area contributed by atoms with E-state index in [1.165, 1.54) is 21.8 Å². The molecule has 3 heterocycles. The highest BCUT2D eigenvalue weighted by Gasteiger charge is 2.34. The Bertz CT molecular complexity index is 857. The minimum absolute atomic E-state index is 0.00574. The van der Waals surface area contributed by atoms with Gasteiger partial charge in [-0.25, -0.2) is 9.78 Å². The standard InChI is InChI=1S/C17H21N3O4S/c1-3-5-14(21)19-7-4-6-13(19)16(23)24-9-12-8-15(22)20-11(2)10-25-17(20)18-12/h8,10,13H,3-7,9H2,1-2H3. The van der Waals surface area contributed by atoms with Crippen LogP contribution in [0.15, 0.2) is 16.2 Å². The zero-order valence-electron chi connectivity index (χ0n) is 14.4. The molecule has 0 N–H and O–H groups in total. The van der Waals surface area contributed by atoms with Crippen molar-refractivity contribution in [1.82, 2.24) is 14.3 Å². The van der Waals surface area contributed by atoms with Crippen LogP contribution in [0.5, 0.6) is 0 Å². The largest absolute Gasteiger partial charge is 0.458 e. The van der Waals surface area contributed by atoms with Crippen molar-refractivity contribution >= 4 is 28.2 Å². The number of fused-ring (bicyclic) bond motifs is 1. The molecule has 1 unspecified atom stereocenters. The summed E-state index contributed by atoms with van der Waals surface area (Å²) in [6.45, 7) is 4.31. The molecule has 1 atom stereocenters. The maximum atomic E-state index is 12.4. The van der Waals surface area contributed by atoms with E-state index < -0.39 is 12.0 Å². The molecule has 25 heavy (non-hydrogen) atoms. The van der Waals surface area contributed by atoms with E-state index in [4.69, 9.17) is 4.74 Å². The van der Waals surface area contributed by atoms with Gasteiger partial charge in [-0.3, -0.25) is 14.0 Å². The normalized spacial score (nSPS) is 17.2. The highest BCUT2D eigenvalue weighted by Crippen LogP contribution is 2.20. The lowest BCUT2D eigenvalue weighted by atomic mass is 10.2. The summed E-state index contributed by atoms with van der Waals surface area (Å²) in [6, 6.07) is 0.863. The van der Waals surface area contributed by atoms with Crippen molar-refractivity contribution in [2.45, 2.75) is 52.2 Å². The van der Waals surface area contributed by atoms with Gasteiger partial charge in [-0.2, -0.15) is 0 Å². The summed E-state index contributed by atoms with van der Waals surface area (Å²) in [5.41, 5.74) is 1.07. The predicted octanol–water partition coefficient (Wildman–Crippen LogP) is 1.90. The SMILES string of the molecule is CCCC(=O)N1CCCC1C(=O)OCc1cc(=O)n2c(C)csc2n1. The molecule has 134 valence electrons. The molecule has 2 aromatic rings. The number of esters is 1. The number of aromatic nitrogens is 2. The van der Waals surface area contributed by atoms with E-state index in [-0.39, 0.29) is 18.1 Å². The zero-order chi connectivity index (χ0) is 18.0. The van der Waals surface area contributed by atoms with Gasteiger partial charge in [-0.1, -0.05) is 6.92 Å². The van der Waals surface area contributed by atoms with Crippen LogP contribution in [0, 0.1) is 6.92 Å². The van der Waals surface area contributed by atoms with E-state index in [2.05, 4.69) is 4.98 Å². The molecule has 0 bridgehead atoms. The Morgan fingerprint density at radius 2 is 2.24 bits per heavy atom. The van der Waals surface area contributed by atoms with Crippen LogP contribution in [0.25, 0.3) is 4.96 Å². The molecule has 0 aromatic carbocycles. The van der Waals surface area contributed by atoms with Gasteiger partial charge < -0.3 is 9.64 Å². The first-order chi connectivity index (χ1) is 12.0. The lowest BCUT2D eigenvalue weighted by molar-refractivity contribution is -0.154. The molecule has 0 radical (unpaired) electrons. The molecule has 1 amide bonds. The maximum Gasteiger partial charge on any atom is 0.329 e. The molecule has 0 aliphatic carbocycles. The van der Waals surface area contributed by atoms with Crippen molar-refractivity contribution in [3.63, 3.8) is 0 Å². The van der Waals surface area contributed by atoms with Crippen molar-refractivity contribution in [1.29, 1.82) is 0 Å². The maximum absolute atomic E-state index is 12.4. The summed E-state index contributed by atoms with van der Waals surface area (Å²) >= 11 is 1.37. The minimum atomic E-state index is -0.520. The molecule has 7 nitrogen and oxygen atoms in total. The summed E-state index contributed by atoms with van der Waals surface area (Å²) in [6.07, 6.45) is 2.62. The van der Waals surface area contributed by atoms with Gasteiger partial charge in [0, 0.05) is 30.1 Å². The van der Waals surface area contributed by atoms with E-state index in [0.29, 0.717) is 30.0 Å². The molecule has 1 saturated heterocycles. The van der Waals surface area contributed by atoms with E-state index in [0.717, 1.165) is 18.5 Å². The second kappa shape index (κ2) is 7.35. The average Bonchev–Trinajstić information content (AvgIpc) is 3.20. The van der Waals surface area contributed by atoms with Crippen molar-refractivity contribution < 1.29 is 14.3 Å². The number of nitrogens with zero attached hydrogens (tertiary/aromatic N) is 3. The Morgan fingerprint density at radius 1 is 1.44 bits per heavy atom. The van der Waals surface area contributed by atoms with Crippen LogP contribution in [-0.2, 0) is 20.9 Å². The van der Waals surface area contributed by atoms with E-state index >= 15 is 0 Å². The van der Waals surface area contributed by atoms with Gasteiger partial charge in [0.05, 0.1) is 5.69 Å². The molecular weight excluding hydrogens is 342 g/mol. The van der Waals surface area contributed by atoms with Crippen LogP contribution in [-0.4, -0.2) is 38.7 Å². The van der Waals surface area contributed by atoms with Crippen molar-refractivity contribution in [2.75, 3.05) is 6.54 Å². The summed E-state index contributed by atoms with van der Waals surface area (Å²) in [4.78, 5) is 43.1. The van der Waals surface area contributed by atoms with Crippen LogP contribution < -0.4 is 5.56 Å². The fourth-order valence-corrected chi connectivity index (χ4v) is 3.97. The Kier molecular flexibility index (Phi) is 5.17. The Balaban J connectivity index is 1.68. The van der Waals surface area contributed by atoms with Crippen LogP contribution >= 0.6 is 11.3 Å². The summed E-state index contributed by atoms with van der Waals surface area (Å²) < 4.78 is 6.87. The van der Waals surface area contributed by atoms with Crippen LogP contribution in [0.1, 0.15) is 44.0 Å². The molecule has 1 aliphatic rings. The Hall–Kier alpha value is -2.22. The number of aryl methyl sites for hydroxylation is 1. The van der Waals surface area contributed by atoms with E-state index in [1.54, 1.807) is 4.90 Å². The van der Waals surface area contributed by atoms with Crippen molar-refractivity contribution in [2.24, 2.45) is 0 Å². The first-order valence-corrected chi connectivity index (χ1v) is 9.32. The van der Waals surface area contributed by atoms with Crippen molar-refractivity contribution in [3.05, 3.63) is 33.2 Å². The minimum Gasteiger partial charge on any atom is -0.458 e. The number of rotatable bonds is 5.